The smallest absolute Gasteiger partial charge is 0.243 e. The molecule has 2 aromatic heterocycles. The molecule has 2 N–H and O–H groups in total. The van der Waals surface area contributed by atoms with E-state index in [1.807, 2.05) is 12.1 Å². The fourth-order valence-electron chi connectivity index (χ4n) is 2.44. The molecule has 0 bridgehead atoms. The third-order valence-electron chi connectivity index (χ3n) is 3.77. The summed E-state index contributed by atoms with van der Waals surface area (Å²) in [5.41, 5.74) is 8.21. The largest absolute Gasteiger partial charge is 0.493 e. The lowest BCUT2D eigenvalue weighted by Gasteiger charge is -2.09. The molecule has 0 radical (unpaired) electrons. The average molecular weight is 370 g/mol. The fraction of sp³-hybridized carbons (Fsp3) is 0.250. The Bertz CT molecular complexity index is 1010. The third-order valence-corrected chi connectivity index (χ3v) is 3.77. The summed E-state index contributed by atoms with van der Waals surface area (Å²) in [6.07, 6.45) is 1.57. The second kappa shape index (κ2) is 7.64. The van der Waals surface area contributed by atoms with E-state index in [2.05, 4.69) is 35.5 Å². The zero-order valence-corrected chi connectivity index (χ0v) is 15.2. The van der Waals surface area contributed by atoms with Crippen molar-refractivity contribution in [3.63, 3.8) is 0 Å². The molecule has 0 aliphatic carbocycles. The predicted octanol–water partition coefficient (Wildman–Crippen LogP) is 1.40. The highest BCUT2D eigenvalue weighted by Crippen LogP contribution is 2.29. The number of rotatable bonds is 6. The van der Waals surface area contributed by atoms with E-state index in [1.165, 1.54) is 4.68 Å². The van der Waals surface area contributed by atoms with Crippen LogP contribution in [0.25, 0.3) is 5.82 Å². The molecule has 0 amide bonds. The zero-order valence-electron chi connectivity index (χ0n) is 15.2. The minimum absolute atomic E-state index is 0.118. The highest BCUT2D eigenvalue weighted by molar-refractivity contribution is 5.98. The number of benzene rings is 1. The molecule has 11 nitrogen and oxygen atoms in total. The molecule has 3 rings (SSSR count). The highest BCUT2D eigenvalue weighted by atomic mass is 16.6. The SMILES string of the molecule is COc1cccc(/C=N/N=C(/C)c2nnn(-c3nonc3N)c2C)c1OC. The summed E-state index contributed by atoms with van der Waals surface area (Å²) in [5, 5.41) is 23.6. The number of hydrogen-bond donors (Lipinski definition) is 1. The van der Waals surface area contributed by atoms with Gasteiger partial charge in [0.25, 0.3) is 0 Å². The predicted molar refractivity (Wildman–Crippen MR) is 97.7 cm³/mol. The number of para-hydroxylation sites is 1. The normalized spacial score (nSPS) is 11.9. The van der Waals surface area contributed by atoms with Gasteiger partial charge in [-0.3, -0.25) is 0 Å². The van der Waals surface area contributed by atoms with Gasteiger partial charge in [-0.15, -0.1) is 5.10 Å². The van der Waals surface area contributed by atoms with Crippen LogP contribution in [0.15, 0.2) is 33.0 Å². The molecule has 0 fully saturated rings. The van der Waals surface area contributed by atoms with E-state index in [0.717, 1.165) is 5.56 Å². The molecule has 0 aliphatic heterocycles. The summed E-state index contributed by atoms with van der Waals surface area (Å²) in [6.45, 7) is 3.57. The first-order chi connectivity index (χ1) is 13.1. The number of nitrogens with zero attached hydrogens (tertiary/aromatic N) is 7. The van der Waals surface area contributed by atoms with Crippen LogP contribution in [0.1, 0.15) is 23.9 Å². The Hall–Kier alpha value is -3.76. The van der Waals surface area contributed by atoms with Crippen LogP contribution in [0.4, 0.5) is 5.82 Å². The van der Waals surface area contributed by atoms with Crippen LogP contribution in [0, 0.1) is 6.92 Å². The number of anilines is 1. The summed E-state index contributed by atoms with van der Waals surface area (Å²) in [6, 6.07) is 5.49. The zero-order chi connectivity index (χ0) is 19.4. The molecular weight excluding hydrogens is 352 g/mol. The van der Waals surface area contributed by atoms with Crippen LogP contribution in [-0.2, 0) is 0 Å². The lowest BCUT2D eigenvalue weighted by molar-refractivity contribution is 0.306. The van der Waals surface area contributed by atoms with Crippen molar-refractivity contribution in [2.45, 2.75) is 13.8 Å². The van der Waals surface area contributed by atoms with E-state index in [1.54, 1.807) is 40.3 Å². The first kappa shape index (κ1) is 18.0. The van der Waals surface area contributed by atoms with Crippen LogP contribution in [0.2, 0.25) is 0 Å². The monoisotopic (exact) mass is 370 g/mol. The standard InChI is InChI=1S/C16H18N8O3/c1-9(13-10(2)24(23-20-13)16-15(17)21-27-22-16)19-18-8-11-6-5-7-12(25-3)14(11)26-4/h5-8H,1-4H3,(H2,17,21)/b18-8+,19-9-. The van der Waals surface area contributed by atoms with Crippen LogP contribution in [0.3, 0.4) is 0 Å². The van der Waals surface area contributed by atoms with Crippen molar-refractivity contribution < 1.29 is 14.1 Å². The van der Waals surface area contributed by atoms with Crippen molar-refractivity contribution in [3.8, 4) is 17.3 Å². The Kier molecular flexibility index (Phi) is 5.11. The second-order valence-corrected chi connectivity index (χ2v) is 5.42. The van der Waals surface area contributed by atoms with Crippen molar-refractivity contribution in [2.24, 2.45) is 10.2 Å². The van der Waals surface area contributed by atoms with E-state index in [0.29, 0.717) is 28.6 Å². The number of methoxy groups -OCH3 is 2. The van der Waals surface area contributed by atoms with E-state index in [4.69, 9.17) is 15.2 Å². The Balaban J connectivity index is 1.86. The lowest BCUT2D eigenvalue weighted by atomic mass is 10.2. The summed E-state index contributed by atoms with van der Waals surface area (Å²) in [7, 11) is 3.14. The van der Waals surface area contributed by atoms with Crippen LogP contribution < -0.4 is 15.2 Å². The Labute approximate surface area is 154 Å². The molecule has 1 aromatic carbocycles. The van der Waals surface area contributed by atoms with Crippen molar-refractivity contribution >= 4 is 17.7 Å². The summed E-state index contributed by atoms with van der Waals surface area (Å²) >= 11 is 0. The number of aromatic nitrogens is 5. The van der Waals surface area contributed by atoms with Crippen LogP contribution >= 0.6 is 0 Å². The van der Waals surface area contributed by atoms with Gasteiger partial charge in [0.2, 0.25) is 11.6 Å². The quantitative estimate of drug-likeness (QED) is 0.507. The molecule has 0 spiro atoms. The minimum atomic E-state index is 0.118. The van der Waals surface area contributed by atoms with Gasteiger partial charge in [0.1, 0.15) is 5.69 Å². The Morgan fingerprint density at radius 1 is 1.26 bits per heavy atom. The number of ether oxygens (including phenoxy) is 2. The maximum Gasteiger partial charge on any atom is 0.243 e. The van der Waals surface area contributed by atoms with Crippen LogP contribution in [0.5, 0.6) is 11.5 Å². The molecule has 2 heterocycles. The van der Waals surface area contributed by atoms with Gasteiger partial charge in [-0.2, -0.15) is 14.9 Å². The second-order valence-electron chi connectivity index (χ2n) is 5.42. The highest BCUT2D eigenvalue weighted by Gasteiger charge is 2.17. The van der Waals surface area contributed by atoms with Crippen molar-refractivity contribution in [2.75, 3.05) is 20.0 Å². The first-order valence-corrected chi connectivity index (χ1v) is 7.86. The molecule has 0 atom stereocenters. The Morgan fingerprint density at radius 2 is 2.07 bits per heavy atom. The molecule has 0 aliphatic rings. The fourth-order valence-corrected chi connectivity index (χ4v) is 2.44. The molecule has 140 valence electrons. The Morgan fingerprint density at radius 3 is 2.74 bits per heavy atom. The van der Waals surface area contributed by atoms with E-state index >= 15 is 0 Å². The van der Waals surface area contributed by atoms with E-state index in [-0.39, 0.29) is 11.6 Å². The first-order valence-electron chi connectivity index (χ1n) is 7.86. The molecule has 0 saturated carbocycles. The molecule has 27 heavy (non-hydrogen) atoms. The summed E-state index contributed by atoms with van der Waals surface area (Å²) < 4.78 is 16.6. The van der Waals surface area contributed by atoms with Gasteiger partial charge < -0.3 is 15.2 Å². The summed E-state index contributed by atoms with van der Waals surface area (Å²) in [5.74, 6) is 1.57. The summed E-state index contributed by atoms with van der Waals surface area (Å²) in [4.78, 5) is 0. The maximum absolute atomic E-state index is 5.69. The van der Waals surface area contributed by atoms with Gasteiger partial charge in [0.05, 0.1) is 31.8 Å². The lowest BCUT2D eigenvalue weighted by Crippen LogP contribution is -2.04. The average Bonchev–Trinajstić information content (AvgIpc) is 3.26. The molecule has 0 saturated heterocycles. The van der Waals surface area contributed by atoms with E-state index < -0.39 is 0 Å². The van der Waals surface area contributed by atoms with Gasteiger partial charge in [0, 0.05) is 5.56 Å². The van der Waals surface area contributed by atoms with Gasteiger partial charge in [-0.25, -0.2) is 4.63 Å². The van der Waals surface area contributed by atoms with Gasteiger partial charge in [-0.05, 0) is 36.3 Å². The van der Waals surface area contributed by atoms with Gasteiger partial charge in [0.15, 0.2) is 11.5 Å². The number of hydrogen-bond acceptors (Lipinski definition) is 10. The maximum atomic E-state index is 5.69. The number of nitrogen functional groups attached to an aromatic ring is 1. The van der Waals surface area contributed by atoms with E-state index in [9.17, 15) is 0 Å². The minimum Gasteiger partial charge on any atom is -0.493 e. The van der Waals surface area contributed by atoms with Gasteiger partial charge >= 0.3 is 0 Å². The topological polar surface area (TPSA) is 139 Å². The van der Waals surface area contributed by atoms with Crippen molar-refractivity contribution in [1.82, 2.24) is 25.3 Å². The van der Waals surface area contributed by atoms with Crippen LogP contribution in [-0.4, -0.2) is 51.5 Å². The molecular formula is C16H18N8O3. The van der Waals surface area contributed by atoms with Gasteiger partial charge in [-0.1, -0.05) is 11.3 Å². The molecule has 11 heteroatoms. The number of nitrogens with two attached hydrogens (primary N) is 1. The van der Waals surface area contributed by atoms with Crippen molar-refractivity contribution in [1.29, 1.82) is 0 Å². The molecule has 0 unspecified atom stereocenters. The van der Waals surface area contributed by atoms with Crippen molar-refractivity contribution in [3.05, 3.63) is 35.2 Å². The third kappa shape index (κ3) is 3.47. The molecule has 3 aromatic rings.